The fourth-order valence-corrected chi connectivity index (χ4v) is 2.13. The quantitative estimate of drug-likeness (QED) is 0.940. The van der Waals surface area contributed by atoms with Crippen LogP contribution in [0.3, 0.4) is 0 Å². The van der Waals surface area contributed by atoms with Crippen LogP contribution in [-0.4, -0.2) is 23.1 Å². The number of hydrogen-bond donors (Lipinski definition) is 1. The number of carboxylic acids is 1. The van der Waals surface area contributed by atoms with Gasteiger partial charge >= 0.3 is 5.97 Å². The molecule has 2 aromatic rings. The van der Waals surface area contributed by atoms with E-state index >= 15 is 0 Å². The van der Waals surface area contributed by atoms with E-state index in [0.717, 1.165) is 10.0 Å². The van der Waals surface area contributed by atoms with Crippen molar-refractivity contribution in [2.75, 3.05) is 11.9 Å². The Hall–Kier alpha value is -1.88. The Morgan fingerprint density at radius 2 is 2.11 bits per heavy atom. The average Bonchev–Trinajstić information content (AvgIpc) is 2.41. The molecule has 0 aliphatic heterocycles. The number of benzene rings is 1. The highest BCUT2D eigenvalue weighted by Gasteiger charge is 2.09. The Morgan fingerprint density at radius 1 is 1.37 bits per heavy atom. The monoisotopic (exact) mass is 320 g/mol. The molecule has 19 heavy (non-hydrogen) atoms. The number of nitrogens with zero attached hydrogens (tertiary/aromatic N) is 2. The Bertz CT molecular complexity index is 602. The highest BCUT2D eigenvalue weighted by atomic mass is 79.9. The van der Waals surface area contributed by atoms with Gasteiger partial charge in [-0.25, -0.2) is 9.78 Å². The highest BCUT2D eigenvalue weighted by molar-refractivity contribution is 9.10. The van der Waals surface area contributed by atoms with Gasteiger partial charge in [0.05, 0.1) is 5.56 Å². The van der Waals surface area contributed by atoms with E-state index < -0.39 is 5.97 Å². The van der Waals surface area contributed by atoms with Crippen LogP contribution in [0.4, 0.5) is 5.82 Å². The summed E-state index contributed by atoms with van der Waals surface area (Å²) in [4.78, 5) is 17.0. The van der Waals surface area contributed by atoms with Crippen molar-refractivity contribution in [2.45, 2.75) is 6.54 Å². The molecule has 0 unspecified atom stereocenters. The summed E-state index contributed by atoms with van der Waals surface area (Å²) < 4.78 is 1.02. The van der Waals surface area contributed by atoms with Crippen molar-refractivity contribution in [1.82, 2.24) is 4.98 Å². The molecule has 0 spiro atoms. The van der Waals surface area contributed by atoms with Crippen LogP contribution in [0, 0.1) is 0 Å². The normalized spacial score (nSPS) is 10.2. The molecule has 1 heterocycles. The van der Waals surface area contributed by atoms with Crippen LogP contribution >= 0.6 is 15.9 Å². The fraction of sp³-hybridized carbons (Fsp3) is 0.143. The third-order valence-electron chi connectivity index (χ3n) is 2.75. The summed E-state index contributed by atoms with van der Waals surface area (Å²) in [5.41, 5.74) is 1.36. The standard InChI is InChI=1S/C14H13BrN2O2/c1-17(9-11-4-2-3-5-12(11)15)13-8-10(14(18)19)6-7-16-13/h2-8H,9H2,1H3,(H,18,19). The van der Waals surface area contributed by atoms with E-state index in [9.17, 15) is 4.79 Å². The first-order valence-corrected chi connectivity index (χ1v) is 6.51. The number of halogens is 1. The minimum absolute atomic E-state index is 0.240. The first-order chi connectivity index (χ1) is 9.08. The number of carbonyl (C=O) groups is 1. The minimum Gasteiger partial charge on any atom is -0.478 e. The highest BCUT2D eigenvalue weighted by Crippen LogP contribution is 2.20. The molecule has 5 heteroatoms. The van der Waals surface area contributed by atoms with Crippen molar-refractivity contribution in [3.63, 3.8) is 0 Å². The molecule has 0 radical (unpaired) electrons. The Labute approximate surface area is 119 Å². The van der Waals surface area contributed by atoms with Crippen LogP contribution in [0.25, 0.3) is 0 Å². The van der Waals surface area contributed by atoms with Crippen LogP contribution in [0.2, 0.25) is 0 Å². The summed E-state index contributed by atoms with van der Waals surface area (Å²) in [5, 5.41) is 8.97. The molecule has 0 saturated carbocycles. The SMILES string of the molecule is CN(Cc1ccccc1Br)c1cc(C(=O)O)ccn1. The van der Waals surface area contributed by atoms with Crippen molar-refractivity contribution in [3.05, 3.63) is 58.2 Å². The lowest BCUT2D eigenvalue weighted by atomic mass is 10.2. The maximum absolute atomic E-state index is 10.9. The summed E-state index contributed by atoms with van der Waals surface area (Å²) in [6, 6.07) is 11.0. The van der Waals surface area contributed by atoms with E-state index in [1.54, 1.807) is 6.07 Å². The predicted molar refractivity (Wildman–Crippen MR) is 77.4 cm³/mol. The molecule has 1 aromatic heterocycles. The molecular formula is C14H13BrN2O2. The zero-order chi connectivity index (χ0) is 13.8. The molecular weight excluding hydrogens is 308 g/mol. The van der Waals surface area contributed by atoms with E-state index in [1.807, 2.05) is 36.2 Å². The largest absolute Gasteiger partial charge is 0.478 e. The van der Waals surface area contributed by atoms with Gasteiger partial charge in [0.1, 0.15) is 5.82 Å². The average molecular weight is 321 g/mol. The van der Waals surface area contributed by atoms with Gasteiger partial charge in [0.15, 0.2) is 0 Å². The van der Waals surface area contributed by atoms with Gasteiger partial charge in [0.2, 0.25) is 0 Å². The fourth-order valence-electron chi connectivity index (χ4n) is 1.72. The molecule has 1 aromatic carbocycles. The van der Waals surface area contributed by atoms with Gasteiger partial charge in [-0.1, -0.05) is 34.1 Å². The lowest BCUT2D eigenvalue weighted by molar-refractivity contribution is 0.0697. The molecule has 0 saturated heterocycles. The predicted octanol–water partition coefficient (Wildman–Crippen LogP) is 3.18. The summed E-state index contributed by atoms with van der Waals surface area (Å²) in [6.45, 7) is 0.650. The molecule has 4 nitrogen and oxygen atoms in total. The second-order valence-corrected chi connectivity index (χ2v) is 5.01. The number of hydrogen-bond acceptors (Lipinski definition) is 3. The topological polar surface area (TPSA) is 53.4 Å². The third-order valence-corrected chi connectivity index (χ3v) is 3.52. The van der Waals surface area contributed by atoms with E-state index in [2.05, 4.69) is 20.9 Å². The first kappa shape index (κ1) is 13.5. The number of aromatic nitrogens is 1. The lowest BCUT2D eigenvalue weighted by Crippen LogP contribution is -2.18. The molecule has 2 rings (SSSR count). The van der Waals surface area contributed by atoms with Gasteiger partial charge in [0, 0.05) is 24.3 Å². The maximum atomic E-state index is 10.9. The number of aromatic carboxylic acids is 1. The molecule has 0 atom stereocenters. The second kappa shape index (κ2) is 5.84. The minimum atomic E-state index is -0.946. The Morgan fingerprint density at radius 3 is 2.79 bits per heavy atom. The van der Waals surface area contributed by atoms with Gasteiger partial charge in [0.25, 0.3) is 0 Å². The Balaban J connectivity index is 2.20. The first-order valence-electron chi connectivity index (χ1n) is 5.72. The van der Waals surface area contributed by atoms with Crippen molar-refractivity contribution in [3.8, 4) is 0 Å². The van der Waals surface area contributed by atoms with E-state index in [1.165, 1.54) is 12.3 Å². The van der Waals surface area contributed by atoms with Crippen LogP contribution < -0.4 is 4.90 Å². The zero-order valence-electron chi connectivity index (χ0n) is 10.4. The van der Waals surface area contributed by atoms with E-state index in [0.29, 0.717) is 12.4 Å². The van der Waals surface area contributed by atoms with Gasteiger partial charge in [-0.3, -0.25) is 0 Å². The van der Waals surface area contributed by atoms with Gasteiger partial charge in [-0.15, -0.1) is 0 Å². The van der Waals surface area contributed by atoms with Crippen molar-refractivity contribution < 1.29 is 9.90 Å². The summed E-state index contributed by atoms with van der Waals surface area (Å²) in [5.74, 6) is -0.311. The maximum Gasteiger partial charge on any atom is 0.335 e. The van der Waals surface area contributed by atoms with Crippen LogP contribution in [0.5, 0.6) is 0 Å². The molecule has 1 N–H and O–H groups in total. The smallest absolute Gasteiger partial charge is 0.335 e. The number of carboxylic acid groups (broad SMARTS) is 1. The van der Waals surface area contributed by atoms with Crippen LogP contribution in [0.1, 0.15) is 15.9 Å². The lowest BCUT2D eigenvalue weighted by Gasteiger charge is -2.19. The van der Waals surface area contributed by atoms with Crippen molar-refractivity contribution >= 4 is 27.7 Å². The molecule has 0 aliphatic carbocycles. The number of rotatable bonds is 4. The second-order valence-electron chi connectivity index (χ2n) is 4.16. The molecule has 0 amide bonds. The van der Waals surface area contributed by atoms with Gasteiger partial charge < -0.3 is 10.0 Å². The van der Waals surface area contributed by atoms with Gasteiger partial charge in [-0.05, 0) is 23.8 Å². The van der Waals surface area contributed by atoms with E-state index in [-0.39, 0.29) is 5.56 Å². The van der Waals surface area contributed by atoms with Crippen LogP contribution in [0.15, 0.2) is 47.1 Å². The molecule has 98 valence electrons. The number of pyridine rings is 1. The third kappa shape index (κ3) is 3.32. The van der Waals surface area contributed by atoms with Crippen molar-refractivity contribution in [2.24, 2.45) is 0 Å². The molecule has 0 fully saturated rings. The van der Waals surface area contributed by atoms with E-state index in [4.69, 9.17) is 5.11 Å². The van der Waals surface area contributed by atoms with Crippen LogP contribution in [-0.2, 0) is 6.54 Å². The molecule has 0 aliphatic rings. The summed E-state index contributed by atoms with van der Waals surface area (Å²) in [7, 11) is 1.88. The number of anilines is 1. The Kier molecular flexibility index (Phi) is 4.16. The zero-order valence-corrected chi connectivity index (χ0v) is 12.0. The van der Waals surface area contributed by atoms with Gasteiger partial charge in [-0.2, -0.15) is 0 Å². The molecule has 0 bridgehead atoms. The van der Waals surface area contributed by atoms with Crippen molar-refractivity contribution in [1.29, 1.82) is 0 Å². The summed E-state index contributed by atoms with van der Waals surface area (Å²) >= 11 is 3.49. The summed E-state index contributed by atoms with van der Waals surface area (Å²) in [6.07, 6.45) is 1.51.